The molecule has 3 N–H and O–H groups in total. The third-order valence-corrected chi connectivity index (χ3v) is 3.44. The van der Waals surface area contributed by atoms with E-state index in [1.807, 2.05) is 17.5 Å². The number of aromatic amines is 1. The average molecular weight is 278 g/mol. The van der Waals surface area contributed by atoms with Gasteiger partial charge in [-0.15, -0.1) is 11.3 Å². The molecule has 0 amide bonds. The molecule has 0 bridgehead atoms. The molecule has 0 atom stereocenters. The van der Waals surface area contributed by atoms with Gasteiger partial charge >= 0.3 is 0 Å². The lowest BCUT2D eigenvalue weighted by Crippen LogP contribution is -1.95. The highest BCUT2D eigenvalue weighted by atomic mass is 32.1. The summed E-state index contributed by atoms with van der Waals surface area (Å²) in [7, 11) is 0. The van der Waals surface area contributed by atoms with E-state index in [0.717, 1.165) is 10.9 Å². The third kappa shape index (κ3) is 2.08. The van der Waals surface area contributed by atoms with E-state index >= 15 is 0 Å². The highest BCUT2D eigenvalue weighted by Crippen LogP contribution is 2.27. The molecule has 0 aliphatic heterocycles. The quantitative estimate of drug-likeness (QED) is 0.708. The summed E-state index contributed by atoms with van der Waals surface area (Å²) in [5.41, 5.74) is 5.35. The van der Waals surface area contributed by atoms with Crippen molar-refractivity contribution in [3.8, 4) is 22.1 Å². The molecule has 0 saturated carbocycles. The highest BCUT2D eigenvalue weighted by Gasteiger charge is 2.15. The number of halogens is 2. The standard InChI is InChI=1S/C12H8F2N4S/c13-7-5-8(14)9(15)4-6(7)11-16-12(18-17-11)10-2-1-3-19-10/h1-5H,15H2,(H,16,17,18). The number of nitrogens with two attached hydrogens (primary N) is 1. The molecule has 0 radical (unpaired) electrons. The van der Waals surface area contributed by atoms with Crippen LogP contribution >= 0.6 is 11.3 Å². The molecule has 7 heteroatoms. The van der Waals surface area contributed by atoms with Crippen molar-refractivity contribution in [1.82, 2.24) is 15.2 Å². The lowest BCUT2D eigenvalue weighted by Gasteiger charge is -2.01. The monoisotopic (exact) mass is 278 g/mol. The van der Waals surface area contributed by atoms with Gasteiger partial charge < -0.3 is 5.73 Å². The molecule has 2 aromatic heterocycles. The molecule has 1 aromatic carbocycles. The fourth-order valence-corrected chi connectivity index (χ4v) is 2.31. The summed E-state index contributed by atoms with van der Waals surface area (Å²) in [6, 6.07) is 5.65. The van der Waals surface area contributed by atoms with Gasteiger partial charge in [-0.3, -0.25) is 5.10 Å². The number of rotatable bonds is 2. The second-order valence-corrected chi connectivity index (χ2v) is 4.79. The Kier molecular flexibility index (Phi) is 2.75. The normalized spacial score (nSPS) is 10.8. The van der Waals surface area contributed by atoms with Gasteiger partial charge in [-0.05, 0) is 17.5 Å². The molecule has 3 aromatic rings. The summed E-state index contributed by atoms with van der Waals surface area (Å²) >= 11 is 1.48. The molecule has 19 heavy (non-hydrogen) atoms. The van der Waals surface area contributed by atoms with Crippen molar-refractivity contribution in [2.24, 2.45) is 0 Å². The number of thiophene rings is 1. The molecular formula is C12H8F2N4S. The Balaban J connectivity index is 2.06. The van der Waals surface area contributed by atoms with E-state index in [1.54, 1.807) is 0 Å². The van der Waals surface area contributed by atoms with Gasteiger partial charge in [-0.2, -0.15) is 5.10 Å². The van der Waals surface area contributed by atoms with Crippen LogP contribution in [0.1, 0.15) is 0 Å². The van der Waals surface area contributed by atoms with Crippen LogP contribution < -0.4 is 5.73 Å². The Hall–Kier alpha value is -2.28. The smallest absolute Gasteiger partial charge is 0.184 e. The van der Waals surface area contributed by atoms with Crippen LogP contribution in [0.25, 0.3) is 22.1 Å². The summed E-state index contributed by atoms with van der Waals surface area (Å²) in [6.45, 7) is 0. The summed E-state index contributed by atoms with van der Waals surface area (Å²) in [4.78, 5) is 5.06. The molecule has 0 spiro atoms. The maximum atomic E-state index is 13.7. The number of H-pyrrole nitrogens is 1. The Labute approximate surface area is 110 Å². The minimum atomic E-state index is -0.796. The minimum Gasteiger partial charge on any atom is -0.396 e. The van der Waals surface area contributed by atoms with E-state index in [2.05, 4.69) is 15.2 Å². The van der Waals surface area contributed by atoms with Crippen LogP contribution in [-0.4, -0.2) is 15.2 Å². The first-order valence-corrected chi connectivity index (χ1v) is 6.24. The number of aromatic nitrogens is 3. The summed E-state index contributed by atoms with van der Waals surface area (Å²) in [6.07, 6.45) is 0. The van der Waals surface area contributed by atoms with Crippen LogP contribution in [0.15, 0.2) is 29.6 Å². The molecule has 96 valence electrons. The molecule has 0 aliphatic carbocycles. The zero-order valence-electron chi connectivity index (χ0n) is 9.52. The maximum Gasteiger partial charge on any atom is 0.184 e. The van der Waals surface area contributed by atoms with Crippen molar-refractivity contribution in [1.29, 1.82) is 0 Å². The van der Waals surface area contributed by atoms with Crippen LogP contribution in [0.4, 0.5) is 14.5 Å². The van der Waals surface area contributed by atoms with Gasteiger partial charge in [0.2, 0.25) is 0 Å². The number of nitrogens with zero attached hydrogens (tertiary/aromatic N) is 2. The maximum absolute atomic E-state index is 13.7. The van der Waals surface area contributed by atoms with Crippen LogP contribution in [0.3, 0.4) is 0 Å². The SMILES string of the molecule is Nc1cc(-c2n[nH]c(-c3cccs3)n2)c(F)cc1F. The van der Waals surface area contributed by atoms with Crippen LogP contribution in [0.2, 0.25) is 0 Å². The van der Waals surface area contributed by atoms with Gasteiger partial charge in [0, 0.05) is 6.07 Å². The predicted molar refractivity (Wildman–Crippen MR) is 69.5 cm³/mol. The second kappa shape index (κ2) is 4.43. The predicted octanol–water partition coefficient (Wildman–Crippen LogP) is 3.06. The fourth-order valence-electron chi connectivity index (χ4n) is 1.64. The van der Waals surface area contributed by atoms with Gasteiger partial charge in [-0.25, -0.2) is 13.8 Å². The van der Waals surface area contributed by atoms with E-state index in [1.165, 1.54) is 17.4 Å². The third-order valence-electron chi connectivity index (χ3n) is 2.57. The van der Waals surface area contributed by atoms with E-state index < -0.39 is 11.6 Å². The van der Waals surface area contributed by atoms with Crippen LogP contribution in [0.5, 0.6) is 0 Å². The van der Waals surface area contributed by atoms with Crippen LogP contribution in [0, 0.1) is 11.6 Å². The lowest BCUT2D eigenvalue weighted by atomic mass is 10.1. The highest BCUT2D eigenvalue weighted by molar-refractivity contribution is 7.13. The molecule has 0 unspecified atom stereocenters. The Morgan fingerprint density at radius 3 is 2.79 bits per heavy atom. The van der Waals surface area contributed by atoms with Gasteiger partial charge in [0.05, 0.1) is 16.1 Å². The van der Waals surface area contributed by atoms with Gasteiger partial charge in [0.15, 0.2) is 11.6 Å². The Bertz CT molecular complexity index is 721. The number of nitrogen functional groups attached to an aromatic ring is 1. The van der Waals surface area contributed by atoms with E-state index in [9.17, 15) is 8.78 Å². The van der Waals surface area contributed by atoms with Gasteiger partial charge in [0.1, 0.15) is 11.6 Å². The van der Waals surface area contributed by atoms with Crippen molar-refractivity contribution in [3.05, 3.63) is 41.3 Å². The molecule has 0 aliphatic rings. The topological polar surface area (TPSA) is 67.6 Å². The van der Waals surface area contributed by atoms with Gasteiger partial charge in [-0.1, -0.05) is 6.07 Å². The van der Waals surface area contributed by atoms with Crippen molar-refractivity contribution < 1.29 is 8.78 Å². The lowest BCUT2D eigenvalue weighted by molar-refractivity contribution is 0.588. The van der Waals surface area contributed by atoms with Crippen molar-refractivity contribution in [2.75, 3.05) is 5.73 Å². The number of anilines is 1. The Morgan fingerprint density at radius 2 is 2.05 bits per heavy atom. The minimum absolute atomic E-state index is 0.0676. The molecule has 2 heterocycles. The fraction of sp³-hybridized carbons (Fsp3) is 0. The molecule has 4 nitrogen and oxygen atoms in total. The number of benzene rings is 1. The first-order valence-electron chi connectivity index (χ1n) is 5.36. The Morgan fingerprint density at radius 1 is 1.21 bits per heavy atom. The first kappa shape index (κ1) is 11.8. The summed E-state index contributed by atoms with van der Waals surface area (Å²) in [5.74, 6) is -0.862. The van der Waals surface area contributed by atoms with Gasteiger partial charge in [0.25, 0.3) is 0 Å². The molecule has 0 saturated heterocycles. The zero-order chi connectivity index (χ0) is 13.4. The van der Waals surface area contributed by atoms with E-state index in [-0.39, 0.29) is 17.1 Å². The van der Waals surface area contributed by atoms with Crippen molar-refractivity contribution in [2.45, 2.75) is 0 Å². The van der Waals surface area contributed by atoms with E-state index in [0.29, 0.717) is 5.82 Å². The zero-order valence-corrected chi connectivity index (χ0v) is 10.3. The first-order chi connectivity index (χ1) is 9.15. The number of hydrogen-bond donors (Lipinski definition) is 2. The summed E-state index contributed by atoms with van der Waals surface area (Å²) in [5, 5.41) is 8.54. The van der Waals surface area contributed by atoms with Crippen LogP contribution in [-0.2, 0) is 0 Å². The summed E-state index contributed by atoms with van der Waals surface area (Å²) < 4.78 is 26.8. The van der Waals surface area contributed by atoms with Crippen molar-refractivity contribution >= 4 is 17.0 Å². The van der Waals surface area contributed by atoms with Crippen molar-refractivity contribution in [3.63, 3.8) is 0 Å². The second-order valence-electron chi connectivity index (χ2n) is 3.84. The van der Waals surface area contributed by atoms with E-state index in [4.69, 9.17) is 5.73 Å². The number of nitrogens with one attached hydrogen (secondary N) is 1. The molecular weight excluding hydrogens is 270 g/mol. The molecule has 0 fully saturated rings. The molecule has 3 rings (SSSR count). The average Bonchev–Trinajstić information content (AvgIpc) is 3.03. The largest absolute Gasteiger partial charge is 0.396 e. The number of hydrogen-bond acceptors (Lipinski definition) is 4.